The Morgan fingerprint density at radius 1 is 1.47 bits per heavy atom. The Kier molecular flexibility index (Phi) is 3.49. The van der Waals surface area contributed by atoms with Crippen molar-refractivity contribution in [3.8, 4) is 0 Å². The quantitative estimate of drug-likeness (QED) is 0.780. The maximum absolute atomic E-state index is 10.8. The fourth-order valence-corrected chi connectivity index (χ4v) is 2.12. The number of halogens is 1. The van der Waals surface area contributed by atoms with E-state index in [1.165, 1.54) is 6.07 Å². The van der Waals surface area contributed by atoms with E-state index < -0.39 is 5.97 Å². The number of carboxylic acids is 1. The highest BCUT2D eigenvalue weighted by molar-refractivity contribution is 6.32. The van der Waals surface area contributed by atoms with Gasteiger partial charge >= 0.3 is 5.97 Å². The molecule has 2 heterocycles. The van der Waals surface area contributed by atoms with Crippen LogP contribution >= 0.6 is 11.6 Å². The van der Waals surface area contributed by atoms with Gasteiger partial charge in [-0.15, -0.1) is 0 Å². The minimum Gasteiger partial charge on any atom is -0.478 e. The SMILES string of the molecule is NC1CCN(c2ccc(C(=O)O)c(Cl)n2)CC1. The van der Waals surface area contributed by atoms with Gasteiger partial charge in [-0.3, -0.25) is 0 Å². The van der Waals surface area contributed by atoms with Crippen molar-refractivity contribution in [2.45, 2.75) is 18.9 Å². The maximum Gasteiger partial charge on any atom is 0.338 e. The smallest absolute Gasteiger partial charge is 0.338 e. The molecule has 0 aromatic carbocycles. The van der Waals surface area contributed by atoms with Gasteiger partial charge in [0, 0.05) is 19.1 Å². The lowest BCUT2D eigenvalue weighted by molar-refractivity contribution is 0.0696. The van der Waals surface area contributed by atoms with Crippen molar-refractivity contribution in [2.24, 2.45) is 5.73 Å². The van der Waals surface area contributed by atoms with Crippen LogP contribution in [0.1, 0.15) is 23.2 Å². The van der Waals surface area contributed by atoms with E-state index in [0.29, 0.717) is 5.82 Å². The summed E-state index contributed by atoms with van der Waals surface area (Å²) in [6.07, 6.45) is 1.83. The van der Waals surface area contributed by atoms with Crippen LogP contribution < -0.4 is 10.6 Å². The molecule has 2 rings (SSSR count). The van der Waals surface area contributed by atoms with Crippen LogP contribution in [-0.4, -0.2) is 35.2 Å². The molecule has 0 unspecified atom stereocenters. The van der Waals surface area contributed by atoms with Crippen molar-refractivity contribution >= 4 is 23.4 Å². The summed E-state index contributed by atoms with van der Waals surface area (Å²) < 4.78 is 0. The van der Waals surface area contributed by atoms with Crippen LogP contribution in [-0.2, 0) is 0 Å². The number of aromatic nitrogens is 1. The molecule has 92 valence electrons. The maximum atomic E-state index is 10.8. The van der Waals surface area contributed by atoms with E-state index in [4.69, 9.17) is 22.4 Å². The molecule has 0 amide bonds. The van der Waals surface area contributed by atoms with Gasteiger partial charge in [0.15, 0.2) is 0 Å². The number of piperidine rings is 1. The fourth-order valence-electron chi connectivity index (χ4n) is 1.89. The number of carboxylic acid groups (broad SMARTS) is 1. The molecule has 1 saturated heterocycles. The second-order valence-corrected chi connectivity index (χ2v) is 4.50. The van der Waals surface area contributed by atoms with Gasteiger partial charge in [-0.05, 0) is 25.0 Å². The summed E-state index contributed by atoms with van der Waals surface area (Å²) >= 11 is 5.83. The monoisotopic (exact) mass is 255 g/mol. The minimum atomic E-state index is -1.06. The van der Waals surface area contributed by atoms with E-state index in [1.807, 2.05) is 0 Å². The molecule has 3 N–H and O–H groups in total. The molecule has 1 aromatic rings. The molecule has 1 aromatic heterocycles. The number of anilines is 1. The van der Waals surface area contributed by atoms with Crippen molar-refractivity contribution in [2.75, 3.05) is 18.0 Å². The van der Waals surface area contributed by atoms with Gasteiger partial charge in [0.05, 0.1) is 5.56 Å². The van der Waals surface area contributed by atoms with Gasteiger partial charge in [0.2, 0.25) is 0 Å². The Morgan fingerprint density at radius 2 is 2.12 bits per heavy atom. The molecule has 5 nitrogen and oxygen atoms in total. The molecule has 6 heteroatoms. The Bertz CT molecular complexity index is 431. The summed E-state index contributed by atoms with van der Waals surface area (Å²) in [5, 5.41) is 8.88. The summed E-state index contributed by atoms with van der Waals surface area (Å²) in [5.74, 6) is -0.346. The molecular formula is C11H14ClN3O2. The number of nitrogens with two attached hydrogens (primary N) is 1. The summed E-state index contributed by atoms with van der Waals surface area (Å²) in [5.41, 5.74) is 5.85. The Labute approximate surface area is 104 Å². The molecule has 0 spiro atoms. The summed E-state index contributed by atoms with van der Waals surface area (Å²) in [6, 6.07) is 3.42. The second-order valence-electron chi connectivity index (χ2n) is 4.14. The third-order valence-corrected chi connectivity index (χ3v) is 3.22. The lowest BCUT2D eigenvalue weighted by Gasteiger charge is -2.31. The van der Waals surface area contributed by atoms with E-state index in [-0.39, 0.29) is 16.8 Å². The standard InChI is InChI=1S/C11H14ClN3O2/c12-10-8(11(16)17)1-2-9(14-10)15-5-3-7(13)4-6-15/h1-2,7H,3-6,13H2,(H,16,17). The third kappa shape index (κ3) is 2.68. The first kappa shape index (κ1) is 12.1. The molecule has 0 bridgehead atoms. The van der Waals surface area contributed by atoms with Crippen molar-refractivity contribution in [3.63, 3.8) is 0 Å². The van der Waals surface area contributed by atoms with Crippen molar-refractivity contribution in [1.29, 1.82) is 0 Å². The number of aromatic carboxylic acids is 1. The van der Waals surface area contributed by atoms with Crippen LogP contribution in [0, 0.1) is 0 Å². The Hall–Kier alpha value is -1.33. The summed E-state index contributed by atoms with van der Waals surface area (Å²) in [6.45, 7) is 1.66. The number of hydrogen-bond donors (Lipinski definition) is 2. The van der Waals surface area contributed by atoms with Crippen LogP contribution in [0.15, 0.2) is 12.1 Å². The summed E-state index contributed by atoms with van der Waals surface area (Å²) in [4.78, 5) is 17.0. The zero-order valence-electron chi connectivity index (χ0n) is 9.27. The highest BCUT2D eigenvalue weighted by Gasteiger charge is 2.19. The average Bonchev–Trinajstić information content (AvgIpc) is 2.29. The lowest BCUT2D eigenvalue weighted by Crippen LogP contribution is -2.40. The first-order valence-corrected chi connectivity index (χ1v) is 5.86. The molecular weight excluding hydrogens is 242 g/mol. The van der Waals surface area contributed by atoms with Crippen LogP contribution in [0.5, 0.6) is 0 Å². The van der Waals surface area contributed by atoms with E-state index in [2.05, 4.69) is 9.88 Å². The minimum absolute atomic E-state index is 0.0316. The Morgan fingerprint density at radius 3 is 2.65 bits per heavy atom. The van der Waals surface area contributed by atoms with Crippen molar-refractivity contribution in [3.05, 3.63) is 22.8 Å². The molecule has 1 fully saturated rings. The summed E-state index contributed by atoms with van der Waals surface area (Å²) in [7, 11) is 0. The van der Waals surface area contributed by atoms with Gasteiger partial charge < -0.3 is 15.7 Å². The first-order chi connectivity index (χ1) is 8.08. The third-order valence-electron chi connectivity index (χ3n) is 2.93. The first-order valence-electron chi connectivity index (χ1n) is 5.48. The van der Waals surface area contributed by atoms with E-state index >= 15 is 0 Å². The van der Waals surface area contributed by atoms with Crippen LogP contribution in [0.25, 0.3) is 0 Å². The average molecular weight is 256 g/mol. The van der Waals surface area contributed by atoms with Crippen LogP contribution in [0.3, 0.4) is 0 Å². The largest absolute Gasteiger partial charge is 0.478 e. The van der Waals surface area contributed by atoms with Crippen LogP contribution in [0.4, 0.5) is 5.82 Å². The molecule has 1 aliphatic rings. The van der Waals surface area contributed by atoms with E-state index in [1.54, 1.807) is 6.07 Å². The van der Waals surface area contributed by atoms with Crippen LogP contribution in [0.2, 0.25) is 5.15 Å². The van der Waals surface area contributed by atoms with Gasteiger partial charge in [0.1, 0.15) is 11.0 Å². The highest BCUT2D eigenvalue weighted by Crippen LogP contribution is 2.22. The van der Waals surface area contributed by atoms with Gasteiger partial charge in [-0.1, -0.05) is 11.6 Å². The van der Waals surface area contributed by atoms with Crippen molar-refractivity contribution < 1.29 is 9.90 Å². The predicted molar refractivity (Wildman–Crippen MR) is 65.6 cm³/mol. The molecule has 0 atom stereocenters. The van der Waals surface area contributed by atoms with Gasteiger partial charge in [-0.25, -0.2) is 9.78 Å². The molecule has 17 heavy (non-hydrogen) atoms. The normalized spacial score (nSPS) is 17.2. The second kappa shape index (κ2) is 4.89. The molecule has 0 radical (unpaired) electrons. The van der Waals surface area contributed by atoms with Gasteiger partial charge in [-0.2, -0.15) is 0 Å². The number of carbonyl (C=O) groups is 1. The molecule has 1 aliphatic heterocycles. The zero-order valence-corrected chi connectivity index (χ0v) is 10.0. The Balaban J connectivity index is 2.17. The zero-order chi connectivity index (χ0) is 12.4. The number of hydrogen-bond acceptors (Lipinski definition) is 4. The fraction of sp³-hybridized carbons (Fsp3) is 0.455. The molecule has 0 aliphatic carbocycles. The predicted octanol–water partition coefficient (Wildman–Crippen LogP) is 1.36. The number of rotatable bonds is 2. The van der Waals surface area contributed by atoms with Crippen molar-refractivity contribution in [1.82, 2.24) is 4.98 Å². The van der Waals surface area contributed by atoms with Gasteiger partial charge in [0.25, 0.3) is 0 Å². The highest BCUT2D eigenvalue weighted by atomic mass is 35.5. The van der Waals surface area contributed by atoms with E-state index in [0.717, 1.165) is 25.9 Å². The number of pyridine rings is 1. The van der Waals surface area contributed by atoms with E-state index in [9.17, 15) is 4.79 Å². The topological polar surface area (TPSA) is 79.5 Å². The lowest BCUT2D eigenvalue weighted by atomic mass is 10.1. The number of nitrogens with zero attached hydrogens (tertiary/aromatic N) is 2. The molecule has 0 saturated carbocycles.